The number of morpholine rings is 1. The molecule has 22 heavy (non-hydrogen) atoms. The van der Waals surface area contributed by atoms with Crippen LogP contribution in [0.4, 0.5) is 0 Å². The number of hydrogen-bond acceptors (Lipinski definition) is 4. The minimum atomic E-state index is -0.193. The summed E-state index contributed by atoms with van der Waals surface area (Å²) < 4.78 is 7.37. The van der Waals surface area contributed by atoms with Crippen LogP contribution in [0.15, 0.2) is 12.3 Å². The van der Waals surface area contributed by atoms with Gasteiger partial charge in [-0.1, -0.05) is 0 Å². The van der Waals surface area contributed by atoms with E-state index in [1.54, 1.807) is 11.1 Å². The quantitative estimate of drug-likeness (QED) is 0.931. The maximum atomic E-state index is 12.8. The maximum Gasteiger partial charge on any atom is 0.275 e. The highest BCUT2D eigenvalue weighted by Gasteiger charge is 2.32. The van der Waals surface area contributed by atoms with Crippen molar-refractivity contribution >= 4 is 5.91 Å². The molecule has 0 saturated carbocycles. The minimum Gasteiger partial charge on any atom is -0.377 e. The van der Waals surface area contributed by atoms with Crippen molar-refractivity contribution in [2.24, 2.45) is 0 Å². The second-order valence-corrected chi connectivity index (χ2v) is 5.53. The van der Waals surface area contributed by atoms with Crippen molar-refractivity contribution in [1.82, 2.24) is 24.6 Å². The number of rotatable bonds is 3. The Morgan fingerprint density at radius 1 is 1.50 bits per heavy atom. The fraction of sp³-hybridized carbons (Fsp3) is 0.533. The molecule has 3 rings (SSSR count). The third kappa shape index (κ3) is 2.64. The molecule has 0 aliphatic carbocycles. The van der Waals surface area contributed by atoms with Crippen LogP contribution < -0.4 is 0 Å². The van der Waals surface area contributed by atoms with Gasteiger partial charge in [-0.15, -0.1) is 0 Å². The number of imidazole rings is 1. The number of carbonyl (C=O) groups excluding carboxylic acids is 1. The van der Waals surface area contributed by atoms with Crippen LogP contribution in [-0.2, 0) is 11.3 Å². The molecule has 1 atom stereocenters. The zero-order chi connectivity index (χ0) is 15.7. The van der Waals surface area contributed by atoms with E-state index < -0.39 is 0 Å². The van der Waals surface area contributed by atoms with Crippen LogP contribution in [0.5, 0.6) is 0 Å². The highest BCUT2D eigenvalue weighted by molar-refractivity contribution is 5.92. The van der Waals surface area contributed by atoms with E-state index in [0.717, 1.165) is 23.8 Å². The molecule has 1 N–H and O–H groups in total. The number of nitrogens with one attached hydrogen (secondary N) is 1. The van der Waals surface area contributed by atoms with E-state index in [0.29, 0.717) is 25.5 Å². The number of carbonyl (C=O) groups is 1. The molecule has 1 saturated heterocycles. The van der Waals surface area contributed by atoms with Crippen LogP contribution in [0.2, 0.25) is 0 Å². The Morgan fingerprint density at radius 2 is 2.32 bits per heavy atom. The Kier molecular flexibility index (Phi) is 3.98. The lowest BCUT2D eigenvalue weighted by molar-refractivity contribution is -0.00535. The summed E-state index contributed by atoms with van der Waals surface area (Å²) in [4.78, 5) is 22.2. The van der Waals surface area contributed by atoms with Crippen LogP contribution in [0.1, 0.15) is 40.7 Å². The molecule has 2 aromatic heterocycles. The number of ether oxygens (including phenoxy) is 1. The van der Waals surface area contributed by atoms with Crippen LogP contribution in [0, 0.1) is 13.8 Å². The zero-order valence-electron chi connectivity index (χ0n) is 13.2. The molecule has 1 aliphatic rings. The van der Waals surface area contributed by atoms with Crippen molar-refractivity contribution in [2.45, 2.75) is 33.4 Å². The number of hydrogen-bond donors (Lipinski definition) is 1. The Hall–Kier alpha value is -2.15. The third-order valence-corrected chi connectivity index (χ3v) is 3.93. The number of H-pyrrole nitrogens is 1. The molecular formula is C15H21N5O2. The van der Waals surface area contributed by atoms with Gasteiger partial charge in [0.25, 0.3) is 5.91 Å². The molecule has 0 aromatic carbocycles. The van der Waals surface area contributed by atoms with E-state index in [9.17, 15) is 4.79 Å². The molecule has 118 valence electrons. The second kappa shape index (κ2) is 5.92. The Morgan fingerprint density at radius 3 is 2.95 bits per heavy atom. The van der Waals surface area contributed by atoms with Crippen molar-refractivity contribution in [2.75, 3.05) is 19.8 Å². The Balaban J connectivity index is 1.87. The fourth-order valence-corrected chi connectivity index (χ4v) is 2.76. The van der Waals surface area contributed by atoms with E-state index in [-0.39, 0.29) is 11.9 Å². The van der Waals surface area contributed by atoms with E-state index in [1.165, 1.54) is 0 Å². The first-order valence-electron chi connectivity index (χ1n) is 7.54. The molecule has 1 aliphatic heterocycles. The van der Waals surface area contributed by atoms with Crippen LogP contribution in [0.25, 0.3) is 0 Å². The number of aryl methyl sites for hydroxylation is 3. The minimum absolute atomic E-state index is 0.0716. The molecule has 7 nitrogen and oxygen atoms in total. The predicted molar refractivity (Wildman–Crippen MR) is 80.6 cm³/mol. The average molecular weight is 303 g/mol. The molecule has 0 spiro atoms. The summed E-state index contributed by atoms with van der Waals surface area (Å²) in [6, 6.07) is 1.65. The molecule has 0 radical (unpaired) electrons. The summed E-state index contributed by atoms with van der Waals surface area (Å²) in [5.74, 6) is 0.690. The van der Waals surface area contributed by atoms with Crippen molar-refractivity contribution < 1.29 is 9.53 Å². The van der Waals surface area contributed by atoms with Crippen LogP contribution in [-0.4, -0.2) is 50.3 Å². The van der Waals surface area contributed by atoms with Crippen molar-refractivity contribution in [3.8, 4) is 0 Å². The highest BCUT2D eigenvalue weighted by atomic mass is 16.5. The summed E-state index contributed by atoms with van der Waals surface area (Å²) >= 11 is 0. The molecule has 1 amide bonds. The van der Waals surface area contributed by atoms with E-state index in [1.807, 2.05) is 31.5 Å². The smallest absolute Gasteiger partial charge is 0.275 e. The molecular weight excluding hydrogens is 282 g/mol. The van der Waals surface area contributed by atoms with Gasteiger partial charge in [0.1, 0.15) is 11.9 Å². The van der Waals surface area contributed by atoms with E-state index >= 15 is 0 Å². The average Bonchev–Trinajstić information content (AvgIpc) is 3.12. The van der Waals surface area contributed by atoms with Gasteiger partial charge in [-0.2, -0.15) is 5.10 Å². The monoisotopic (exact) mass is 303 g/mol. The molecule has 7 heteroatoms. The van der Waals surface area contributed by atoms with E-state index in [4.69, 9.17) is 4.74 Å². The number of nitrogens with zero attached hydrogens (tertiary/aromatic N) is 4. The van der Waals surface area contributed by atoms with Gasteiger partial charge < -0.3 is 14.6 Å². The number of aromatic nitrogens is 4. The Labute approximate surface area is 129 Å². The largest absolute Gasteiger partial charge is 0.377 e. The zero-order valence-corrected chi connectivity index (χ0v) is 13.2. The van der Waals surface area contributed by atoms with Gasteiger partial charge >= 0.3 is 0 Å². The van der Waals surface area contributed by atoms with Gasteiger partial charge in [0.2, 0.25) is 0 Å². The van der Waals surface area contributed by atoms with Gasteiger partial charge in [0.15, 0.2) is 5.69 Å². The topological polar surface area (TPSA) is 76.0 Å². The van der Waals surface area contributed by atoms with Crippen molar-refractivity contribution in [3.63, 3.8) is 0 Å². The molecule has 1 fully saturated rings. The summed E-state index contributed by atoms with van der Waals surface area (Å²) in [7, 11) is 0. The SMILES string of the molecule is CCn1nc(C(=O)N2CCOC[C@H]2c2ncc(C)[nH]2)cc1C. The second-order valence-electron chi connectivity index (χ2n) is 5.53. The molecule has 0 bridgehead atoms. The third-order valence-electron chi connectivity index (χ3n) is 3.93. The molecule has 0 unspecified atom stereocenters. The maximum absolute atomic E-state index is 12.8. The molecule has 2 aromatic rings. The van der Waals surface area contributed by atoms with Crippen LogP contribution >= 0.6 is 0 Å². The van der Waals surface area contributed by atoms with Gasteiger partial charge in [-0.25, -0.2) is 4.98 Å². The normalized spacial score (nSPS) is 18.7. The standard InChI is InChI=1S/C15H21N5O2/c1-4-20-11(3)7-12(18-20)15(21)19-5-6-22-9-13(19)14-16-8-10(2)17-14/h7-8,13H,4-6,9H2,1-3H3,(H,16,17)/t13-/m0/s1. The summed E-state index contributed by atoms with van der Waals surface area (Å²) in [5.41, 5.74) is 2.44. The summed E-state index contributed by atoms with van der Waals surface area (Å²) in [5, 5.41) is 4.39. The number of aromatic amines is 1. The lowest BCUT2D eigenvalue weighted by Gasteiger charge is -2.33. The van der Waals surface area contributed by atoms with Crippen molar-refractivity contribution in [1.29, 1.82) is 0 Å². The summed E-state index contributed by atoms with van der Waals surface area (Å²) in [6.07, 6.45) is 1.77. The van der Waals surface area contributed by atoms with Gasteiger partial charge in [0.05, 0.1) is 13.2 Å². The lowest BCUT2D eigenvalue weighted by Crippen LogP contribution is -2.44. The first kappa shape index (κ1) is 14.8. The first-order valence-corrected chi connectivity index (χ1v) is 7.54. The summed E-state index contributed by atoms with van der Waals surface area (Å²) in [6.45, 7) is 8.20. The first-order chi connectivity index (χ1) is 10.6. The van der Waals surface area contributed by atoms with Gasteiger partial charge in [-0.05, 0) is 26.8 Å². The highest BCUT2D eigenvalue weighted by Crippen LogP contribution is 2.24. The number of amides is 1. The fourth-order valence-electron chi connectivity index (χ4n) is 2.76. The Bertz CT molecular complexity index is 675. The van der Waals surface area contributed by atoms with Crippen LogP contribution in [0.3, 0.4) is 0 Å². The lowest BCUT2D eigenvalue weighted by atomic mass is 10.2. The van der Waals surface area contributed by atoms with E-state index in [2.05, 4.69) is 15.1 Å². The van der Waals surface area contributed by atoms with Crippen molar-refractivity contribution in [3.05, 3.63) is 35.2 Å². The predicted octanol–water partition coefficient (Wildman–Crippen LogP) is 1.46. The molecule has 3 heterocycles. The van der Waals surface area contributed by atoms with Gasteiger partial charge in [0, 0.05) is 30.7 Å². The van der Waals surface area contributed by atoms with Gasteiger partial charge in [-0.3, -0.25) is 9.48 Å².